The predicted octanol–water partition coefficient (Wildman–Crippen LogP) is 3.96. The van der Waals surface area contributed by atoms with Gasteiger partial charge in [0.25, 0.3) is 11.6 Å². The quantitative estimate of drug-likeness (QED) is 0.855. The number of hydrogen-bond donors (Lipinski definition) is 1. The number of aryl methyl sites for hydroxylation is 1. The first-order valence-corrected chi connectivity index (χ1v) is 9.86. The van der Waals surface area contributed by atoms with Crippen molar-refractivity contribution in [1.29, 1.82) is 0 Å². The van der Waals surface area contributed by atoms with Crippen molar-refractivity contribution in [3.05, 3.63) is 52.2 Å². The molecule has 1 aromatic carbocycles. The summed E-state index contributed by atoms with van der Waals surface area (Å²) in [7, 11) is 0. The minimum absolute atomic E-state index is 0.619. The highest BCUT2D eigenvalue weighted by atomic mass is 32.1. The van der Waals surface area contributed by atoms with Crippen molar-refractivity contribution in [2.75, 3.05) is 18.0 Å². The lowest BCUT2D eigenvalue weighted by Gasteiger charge is -2.21. The average Bonchev–Trinajstić information content (AvgIpc) is 3.16. The fourth-order valence-corrected chi connectivity index (χ4v) is 4.76. The smallest absolute Gasteiger partial charge is 0.280 e. The Hall–Kier alpha value is -1.65. The van der Waals surface area contributed by atoms with Crippen molar-refractivity contribution in [3.8, 4) is 0 Å². The van der Waals surface area contributed by atoms with E-state index >= 15 is 0 Å². The molecule has 2 aliphatic heterocycles. The standard InChI is InChI=1S/C20H25N2OS/c1-2-16-9-11-17(12-10-16)21-15-20(23,18-7-6-14-24-18)22-13-5-3-4-8-19(21)22/h6-7,9-12,14,23H,2-5,8,13,15H2,1H3/q+1/t20-/m0/s1. The Bertz CT molecular complexity index is 736. The molecule has 0 unspecified atom stereocenters. The minimum Gasteiger partial charge on any atom is -0.346 e. The summed E-state index contributed by atoms with van der Waals surface area (Å²) in [4.78, 5) is 3.39. The molecule has 0 radical (unpaired) electrons. The van der Waals surface area contributed by atoms with E-state index in [1.54, 1.807) is 11.3 Å². The first kappa shape index (κ1) is 15.9. The van der Waals surface area contributed by atoms with Crippen LogP contribution in [0.4, 0.5) is 5.69 Å². The summed E-state index contributed by atoms with van der Waals surface area (Å²) in [6, 6.07) is 12.9. The van der Waals surface area contributed by atoms with Gasteiger partial charge in [-0.15, -0.1) is 11.3 Å². The molecule has 0 fully saturated rings. The summed E-state index contributed by atoms with van der Waals surface area (Å²) in [5, 5.41) is 13.6. The van der Waals surface area contributed by atoms with E-state index in [2.05, 4.69) is 52.1 Å². The van der Waals surface area contributed by atoms with E-state index < -0.39 is 5.72 Å². The van der Waals surface area contributed by atoms with Gasteiger partial charge in [-0.3, -0.25) is 0 Å². The molecule has 24 heavy (non-hydrogen) atoms. The number of amidine groups is 1. The van der Waals surface area contributed by atoms with Crippen LogP contribution < -0.4 is 4.90 Å². The fraction of sp³-hybridized carbons (Fsp3) is 0.450. The van der Waals surface area contributed by atoms with E-state index in [0.717, 1.165) is 30.7 Å². The molecule has 1 atom stereocenters. The van der Waals surface area contributed by atoms with Gasteiger partial charge >= 0.3 is 0 Å². The lowest BCUT2D eigenvalue weighted by molar-refractivity contribution is -0.657. The molecule has 3 heterocycles. The number of rotatable bonds is 3. The topological polar surface area (TPSA) is 26.5 Å². The summed E-state index contributed by atoms with van der Waals surface area (Å²) in [6.07, 6.45) is 5.70. The highest BCUT2D eigenvalue weighted by molar-refractivity contribution is 7.10. The van der Waals surface area contributed by atoms with E-state index in [1.807, 2.05) is 6.07 Å². The van der Waals surface area contributed by atoms with Gasteiger partial charge < -0.3 is 5.11 Å². The molecular formula is C20H25N2OS+. The Morgan fingerprint density at radius 3 is 2.71 bits per heavy atom. The van der Waals surface area contributed by atoms with Crippen molar-refractivity contribution >= 4 is 22.9 Å². The van der Waals surface area contributed by atoms with Gasteiger partial charge in [0.15, 0.2) is 6.54 Å². The summed E-state index contributed by atoms with van der Waals surface area (Å²) in [6.45, 7) is 3.74. The molecule has 2 aromatic rings. The largest absolute Gasteiger partial charge is 0.346 e. The Kier molecular flexibility index (Phi) is 4.19. The molecule has 4 heteroatoms. The molecule has 0 saturated heterocycles. The molecular weight excluding hydrogens is 316 g/mol. The van der Waals surface area contributed by atoms with Gasteiger partial charge in [-0.2, -0.15) is 0 Å². The summed E-state index contributed by atoms with van der Waals surface area (Å²) in [5.41, 5.74) is 1.66. The molecule has 0 spiro atoms. The van der Waals surface area contributed by atoms with Crippen LogP contribution in [0.1, 0.15) is 43.0 Å². The second-order valence-corrected chi connectivity index (χ2v) is 7.73. The zero-order valence-electron chi connectivity index (χ0n) is 14.2. The van der Waals surface area contributed by atoms with Gasteiger partial charge in [0, 0.05) is 6.42 Å². The van der Waals surface area contributed by atoms with Crippen LogP contribution in [0.25, 0.3) is 0 Å². The molecule has 1 N–H and O–H groups in total. The van der Waals surface area contributed by atoms with Crippen LogP contribution >= 0.6 is 11.3 Å². The van der Waals surface area contributed by atoms with E-state index in [-0.39, 0.29) is 0 Å². The first-order chi connectivity index (χ1) is 11.7. The number of β-amino-alcohol motifs (C(OH)–C–C–N with tert-alkyl or cyclic N) is 1. The summed E-state index contributed by atoms with van der Waals surface area (Å²) >= 11 is 1.65. The summed E-state index contributed by atoms with van der Waals surface area (Å²) < 4.78 is 2.26. The third-order valence-electron chi connectivity index (χ3n) is 5.30. The van der Waals surface area contributed by atoms with Crippen LogP contribution in [0, 0.1) is 0 Å². The maximum Gasteiger partial charge on any atom is 0.280 e. The molecule has 4 rings (SSSR count). The maximum absolute atomic E-state index is 11.6. The lowest BCUT2D eigenvalue weighted by Crippen LogP contribution is -2.40. The number of benzene rings is 1. The van der Waals surface area contributed by atoms with E-state index in [9.17, 15) is 5.11 Å². The third kappa shape index (κ3) is 2.58. The molecule has 0 saturated carbocycles. The molecule has 3 nitrogen and oxygen atoms in total. The molecule has 0 amide bonds. The van der Waals surface area contributed by atoms with Crippen molar-refractivity contribution in [2.24, 2.45) is 0 Å². The number of thiophene rings is 1. The zero-order chi connectivity index (χ0) is 16.6. The van der Waals surface area contributed by atoms with Crippen LogP contribution in [0.2, 0.25) is 0 Å². The maximum atomic E-state index is 11.6. The highest BCUT2D eigenvalue weighted by Crippen LogP contribution is 2.37. The van der Waals surface area contributed by atoms with Gasteiger partial charge in [-0.1, -0.05) is 25.1 Å². The zero-order valence-corrected chi connectivity index (χ0v) is 15.1. The van der Waals surface area contributed by atoms with E-state index in [4.69, 9.17) is 0 Å². The third-order valence-corrected chi connectivity index (χ3v) is 6.31. The highest BCUT2D eigenvalue weighted by Gasteiger charge is 2.52. The molecule has 126 valence electrons. The van der Waals surface area contributed by atoms with Crippen molar-refractivity contribution in [3.63, 3.8) is 0 Å². The van der Waals surface area contributed by atoms with Crippen molar-refractivity contribution < 1.29 is 9.68 Å². The molecule has 2 aliphatic rings. The van der Waals surface area contributed by atoms with Gasteiger partial charge in [0.05, 0.1) is 11.4 Å². The average molecular weight is 342 g/mol. The van der Waals surface area contributed by atoms with Crippen LogP contribution in [-0.4, -0.2) is 28.6 Å². The predicted molar refractivity (Wildman–Crippen MR) is 100.0 cm³/mol. The van der Waals surface area contributed by atoms with E-state index in [0.29, 0.717) is 6.54 Å². The van der Waals surface area contributed by atoms with Crippen LogP contribution in [0.15, 0.2) is 41.8 Å². The Balaban J connectivity index is 1.76. The molecule has 1 aromatic heterocycles. The number of hydrogen-bond acceptors (Lipinski definition) is 3. The summed E-state index contributed by atoms with van der Waals surface area (Å²) in [5.74, 6) is 1.28. The second-order valence-electron chi connectivity index (χ2n) is 6.78. The minimum atomic E-state index is -0.892. The number of nitrogens with zero attached hydrogens (tertiary/aromatic N) is 2. The second kappa shape index (κ2) is 6.34. The Morgan fingerprint density at radius 1 is 1.17 bits per heavy atom. The van der Waals surface area contributed by atoms with E-state index in [1.165, 1.54) is 29.9 Å². The lowest BCUT2D eigenvalue weighted by atomic mass is 10.1. The van der Waals surface area contributed by atoms with Crippen molar-refractivity contribution in [2.45, 2.75) is 44.8 Å². The normalized spacial score (nSPS) is 24.2. The first-order valence-electron chi connectivity index (χ1n) is 8.98. The van der Waals surface area contributed by atoms with Gasteiger partial charge in [-0.05, 0) is 54.8 Å². The number of aliphatic hydroxyl groups is 1. The monoisotopic (exact) mass is 341 g/mol. The Morgan fingerprint density at radius 2 is 2.00 bits per heavy atom. The molecule has 0 bridgehead atoms. The van der Waals surface area contributed by atoms with Crippen LogP contribution in [0.5, 0.6) is 0 Å². The molecule has 0 aliphatic carbocycles. The van der Waals surface area contributed by atoms with Gasteiger partial charge in [0.1, 0.15) is 5.69 Å². The Labute approximate surface area is 147 Å². The SMILES string of the molecule is CCc1ccc(N2C[C@](O)(c3cccs3)[N+]3=C2CCCCC3)cc1. The van der Waals surface area contributed by atoms with Crippen LogP contribution in [0.3, 0.4) is 0 Å². The number of anilines is 1. The van der Waals surface area contributed by atoms with Gasteiger partial charge in [-0.25, -0.2) is 9.48 Å². The van der Waals surface area contributed by atoms with Crippen LogP contribution in [-0.2, 0) is 12.1 Å². The fourth-order valence-electron chi connectivity index (χ4n) is 3.94. The van der Waals surface area contributed by atoms with Gasteiger partial charge in [0.2, 0.25) is 0 Å². The van der Waals surface area contributed by atoms with Crippen molar-refractivity contribution in [1.82, 2.24) is 0 Å².